The molecular formula is C14H15N3S. The summed E-state index contributed by atoms with van der Waals surface area (Å²) >= 11 is 5.02. The Hall–Kier alpha value is -1.94. The van der Waals surface area contributed by atoms with Gasteiger partial charge < -0.3 is 11.1 Å². The molecule has 0 aliphatic carbocycles. The Kier molecular flexibility index (Phi) is 3.89. The summed E-state index contributed by atoms with van der Waals surface area (Å²) in [6.07, 6.45) is 2.68. The molecule has 0 aliphatic heterocycles. The fourth-order valence-electron chi connectivity index (χ4n) is 1.78. The first-order valence-electron chi connectivity index (χ1n) is 5.82. The van der Waals surface area contributed by atoms with Gasteiger partial charge in [0.25, 0.3) is 0 Å². The minimum atomic E-state index is 0.347. The van der Waals surface area contributed by atoms with Gasteiger partial charge in [-0.2, -0.15) is 0 Å². The SMILES string of the molecule is CCc1ccccc1Nc1ncccc1C(N)=S. The van der Waals surface area contributed by atoms with Crippen molar-refractivity contribution in [3.8, 4) is 0 Å². The quantitative estimate of drug-likeness (QED) is 0.827. The zero-order chi connectivity index (χ0) is 13.0. The van der Waals surface area contributed by atoms with Crippen LogP contribution >= 0.6 is 12.2 Å². The zero-order valence-corrected chi connectivity index (χ0v) is 11.0. The maximum atomic E-state index is 5.69. The van der Waals surface area contributed by atoms with Gasteiger partial charge >= 0.3 is 0 Å². The number of para-hydroxylation sites is 1. The van der Waals surface area contributed by atoms with Gasteiger partial charge in [-0.1, -0.05) is 37.3 Å². The van der Waals surface area contributed by atoms with Crippen LogP contribution in [-0.2, 0) is 6.42 Å². The molecule has 1 aromatic carbocycles. The normalized spacial score (nSPS) is 10.1. The number of nitrogens with one attached hydrogen (secondary N) is 1. The molecule has 0 unspecified atom stereocenters. The molecule has 0 aliphatic rings. The minimum Gasteiger partial charge on any atom is -0.389 e. The first-order valence-corrected chi connectivity index (χ1v) is 6.23. The van der Waals surface area contributed by atoms with Crippen LogP contribution in [0.2, 0.25) is 0 Å². The maximum absolute atomic E-state index is 5.69. The van der Waals surface area contributed by atoms with Crippen LogP contribution in [0, 0.1) is 0 Å². The standard InChI is InChI=1S/C14H15N3S/c1-2-10-6-3-4-8-12(10)17-14-11(13(15)18)7-5-9-16-14/h3-9H,2H2,1H3,(H2,15,18)(H,16,17). The summed E-state index contributed by atoms with van der Waals surface area (Å²) in [5, 5.41) is 3.29. The van der Waals surface area contributed by atoms with E-state index in [1.54, 1.807) is 6.20 Å². The summed E-state index contributed by atoms with van der Waals surface area (Å²) in [4.78, 5) is 4.64. The van der Waals surface area contributed by atoms with E-state index in [4.69, 9.17) is 18.0 Å². The number of anilines is 2. The molecule has 4 heteroatoms. The van der Waals surface area contributed by atoms with Crippen molar-refractivity contribution in [2.24, 2.45) is 5.73 Å². The molecule has 0 saturated heterocycles. The van der Waals surface area contributed by atoms with Crippen LogP contribution in [0.3, 0.4) is 0 Å². The van der Waals surface area contributed by atoms with Crippen molar-refractivity contribution in [2.45, 2.75) is 13.3 Å². The Morgan fingerprint density at radius 1 is 1.28 bits per heavy atom. The van der Waals surface area contributed by atoms with E-state index in [0.29, 0.717) is 10.8 Å². The second-order valence-corrected chi connectivity index (χ2v) is 4.34. The third kappa shape index (κ3) is 2.65. The Morgan fingerprint density at radius 3 is 2.78 bits per heavy atom. The number of aromatic nitrogens is 1. The third-order valence-electron chi connectivity index (χ3n) is 2.72. The largest absolute Gasteiger partial charge is 0.389 e. The van der Waals surface area contributed by atoms with Gasteiger partial charge in [0.05, 0.1) is 5.56 Å². The fourth-order valence-corrected chi connectivity index (χ4v) is 1.95. The molecule has 0 radical (unpaired) electrons. The number of nitrogens with zero attached hydrogens (tertiary/aromatic N) is 1. The predicted molar refractivity (Wildman–Crippen MR) is 79.2 cm³/mol. The van der Waals surface area contributed by atoms with E-state index in [2.05, 4.69) is 23.3 Å². The molecular weight excluding hydrogens is 242 g/mol. The molecule has 1 aromatic heterocycles. The molecule has 0 atom stereocenters. The van der Waals surface area contributed by atoms with Crippen molar-refractivity contribution in [3.05, 3.63) is 53.7 Å². The molecule has 2 rings (SSSR count). The lowest BCUT2D eigenvalue weighted by molar-refractivity contribution is 1.14. The van der Waals surface area contributed by atoms with Crippen LogP contribution in [0.1, 0.15) is 18.1 Å². The molecule has 0 bridgehead atoms. The average Bonchev–Trinajstić information content (AvgIpc) is 2.40. The fraction of sp³-hybridized carbons (Fsp3) is 0.143. The van der Waals surface area contributed by atoms with Crippen LogP contribution in [0.25, 0.3) is 0 Å². The van der Waals surface area contributed by atoms with Crippen LogP contribution in [0.15, 0.2) is 42.6 Å². The maximum Gasteiger partial charge on any atom is 0.140 e. The van der Waals surface area contributed by atoms with E-state index in [-0.39, 0.29) is 0 Å². The van der Waals surface area contributed by atoms with Crippen LogP contribution in [0.5, 0.6) is 0 Å². The first-order chi connectivity index (χ1) is 8.72. The van der Waals surface area contributed by atoms with Gasteiger partial charge in [0.1, 0.15) is 10.8 Å². The monoisotopic (exact) mass is 257 g/mol. The summed E-state index contributed by atoms with van der Waals surface area (Å²) in [5.41, 5.74) is 8.72. The van der Waals surface area contributed by atoms with Gasteiger partial charge in [-0.05, 0) is 30.2 Å². The molecule has 3 nitrogen and oxygen atoms in total. The summed E-state index contributed by atoms with van der Waals surface area (Å²) in [6.45, 7) is 2.12. The molecule has 18 heavy (non-hydrogen) atoms. The van der Waals surface area contributed by atoms with Crippen molar-refractivity contribution in [3.63, 3.8) is 0 Å². The van der Waals surface area contributed by atoms with Crippen molar-refractivity contribution in [1.82, 2.24) is 4.98 Å². The highest BCUT2D eigenvalue weighted by Gasteiger charge is 2.07. The lowest BCUT2D eigenvalue weighted by Crippen LogP contribution is -2.13. The van der Waals surface area contributed by atoms with E-state index in [9.17, 15) is 0 Å². The lowest BCUT2D eigenvalue weighted by atomic mass is 10.1. The lowest BCUT2D eigenvalue weighted by Gasteiger charge is -2.12. The van der Waals surface area contributed by atoms with E-state index in [1.165, 1.54) is 5.56 Å². The predicted octanol–water partition coefficient (Wildman–Crippen LogP) is 3.02. The summed E-state index contributed by atoms with van der Waals surface area (Å²) in [6, 6.07) is 11.8. The highest BCUT2D eigenvalue weighted by Crippen LogP contribution is 2.22. The molecule has 0 spiro atoms. The van der Waals surface area contributed by atoms with Crippen LogP contribution < -0.4 is 11.1 Å². The Balaban J connectivity index is 2.37. The van der Waals surface area contributed by atoms with Crippen molar-refractivity contribution >= 4 is 28.7 Å². The molecule has 3 N–H and O–H groups in total. The van der Waals surface area contributed by atoms with Gasteiger partial charge in [0.2, 0.25) is 0 Å². The number of aryl methyl sites for hydroxylation is 1. The van der Waals surface area contributed by atoms with Gasteiger partial charge in [-0.3, -0.25) is 0 Å². The van der Waals surface area contributed by atoms with E-state index >= 15 is 0 Å². The third-order valence-corrected chi connectivity index (χ3v) is 2.94. The van der Waals surface area contributed by atoms with Gasteiger partial charge in [-0.25, -0.2) is 4.98 Å². The molecule has 0 fully saturated rings. The number of thiocarbonyl (C=S) groups is 1. The molecule has 1 heterocycles. The van der Waals surface area contributed by atoms with Crippen molar-refractivity contribution in [1.29, 1.82) is 0 Å². The van der Waals surface area contributed by atoms with Crippen LogP contribution in [-0.4, -0.2) is 9.97 Å². The summed E-state index contributed by atoms with van der Waals surface area (Å²) in [5.74, 6) is 0.700. The summed E-state index contributed by atoms with van der Waals surface area (Å²) in [7, 11) is 0. The molecule has 92 valence electrons. The second kappa shape index (κ2) is 5.60. The topological polar surface area (TPSA) is 50.9 Å². The van der Waals surface area contributed by atoms with E-state index in [1.807, 2.05) is 30.3 Å². The first kappa shape index (κ1) is 12.5. The van der Waals surface area contributed by atoms with Crippen LogP contribution in [0.4, 0.5) is 11.5 Å². The second-order valence-electron chi connectivity index (χ2n) is 3.90. The number of nitrogens with two attached hydrogens (primary N) is 1. The minimum absolute atomic E-state index is 0.347. The summed E-state index contributed by atoms with van der Waals surface area (Å²) < 4.78 is 0. The Morgan fingerprint density at radius 2 is 2.06 bits per heavy atom. The highest BCUT2D eigenvalue weighted by molar-refractivity contribution is 7.80. The number of rotatable bonds is 4. The van der Waals surface area contributed by atoms with Gasteiger partial charge in [-0.15, -0.1) is 0 Å². The highest BCUT2D eigenvalue weighted by atomic mass is 32.1. The number of hydrogen-bond acceptors (Lipinski definition) is 3. The average molecular weight is 257 g/mol. The van der Waals surface area contributed by atoms with E-state index in [0.717, 1.165) is 17.7 Å². The Labute approximate surface area is 112 Å². The Bertz CT molecular complexity index is 566. The number of hydrogen-bond donors (Lipinski definition) is 2. The molecule has 0 amide bonds. The van der Waals surface area contributed by atoms with E-state index < -0.39 is 0 Å². The molecule has 2 aromatic rings. The number of benzene rings is 1. The van der Waals surface area contributed by atoms with Crippen molar-refractivity contribution < 1.29 is 0 Å². The van der Waals surface area contributed by atoms with Gasteiger partial charge in [0.15, 0.2) is 0 Å². The number of pyridine rings is 1. The zero-order valence-electron chi connectivity index (χ0n) is 10.2. The van der Waals surface area contributed by atoms with Gasteiger partial charge in [0, 0.05) is 11.9 Å². The smallest absolute Gasteiger partial charge is 0.140 e. The van der Waals surface area contributed by atoms with Crippen molar-refractivity contribution in [2.75, 3.05) is 5.32 Å². The molecule has 0 saturated carbocycles.